The molecular formula is C16H14N2OS. The molecular weight excluding hydrogens is 268 g/mol. The molecule has 2 heterocycles. The maximum atomic E-state index is 12.4. The lowest BCUT2D eigenvalue weighted by Crippen LogP contribution is -2.08. The Hall–Kier alpha value is -2.20. The number of ketones is 1. The van der Waals surface area contributed by atoms with Gasteiger partial charge in [0.2, 0.25) is 5.78 Å². The van der Waals surface area contributed by atoms with Gasteiger partial charge in [-0.2, -0.15) is 11.3 Å². The van der Waals surface area contributed by atoms with Crippen molar-refractivity contribution in [1.29, 1.82) is 0 Å². The number of aromatic nitrogens is 2. The minimum absolute atomic E-state index is 0.0287. The molecule has 0 unspecified atom stereocenters. The minimum atomic E-state index is -0.0287. The molecule has 0 spiro atoms. The van der Waals surface area contributed by atoms with E-state index in [-0.39, 0.29) is 5.78 Å². The molecule has 0 aliphatic carbocycles. The molecule has 0 saturated carbocycles. The van der Waals surface area contributed by atoms with Crippen molar-refractivity contribution in [3.63, 3.8) is 0 Å². The summed E-state index contributed by atoms with van der Waals surface area (Å²) in [6.07, 6.45) is 0. The quantitative estimate of drug-likeness (QED) is 0.687. The molecule has 1 aromatic carbocycles. The Labute approximate surface area is 121 Å². The second-order valence-electron chi connectivity index (χ2n) is 4.64. The molecule has 20 heavy (non-hydrogen) atoms. The van der Waals surface area contributed by atoms with Crippen LogP contribution in [0.5, 0.6) is 0 Å². The molecule has 3 nitrogen and oxygen atoms in total. The highest BCUT2D eigenvalue weighted by molar-refractivity contribution is 7.08. The van der Waals surface area contributed by atoms with Crippen molar-refractivity contribution in [1.82, 2.24) is 9.55 Å². The van der Waals surface area contributed by atoms with Crippen molar-refractivity contribution in [2.75, 3.05) is 0 Å². The van der Waals surface area contributed by atoms with Crippen molar-refractivity contribution in [2.24, 2.45) is 7.05 Å². The van der Waals surface area contributed by atoms with Crippen molar-refractivity contribution < 1.29 is 4.79 Å². The predicted molar refractivity (Wildman–Crippen MR) is 81.1 cm³/mol. The van der Waals surface area contributed by atoms with E-state index in [9.17, 15) is 4.79 Å². The van der Waals surface area contributed by atoms with Gasteiger partial charge in [0, 0.05) is 29.2 Å². The summed E-state index contributed by atoms with van der Waals surface area (Å²) < 4.78 is 1.86. The van der Waals surface area contributed by atoms with Crippen LogP contribution in [0.1, 0.15) is 21.9 Å². The van der Waals surface area contributed by atoms with Gasteiger partial charge in [-0.1, -0.05) is 30.3 Å². The summed E-state index contributed by atoms with van der Waals surface area (Å²) in [7, 11) is 1.88. The van der Waals surface area contributed by atoms with E-state index in [1.165, 1.54) is 11.3 Å². The fourth-order valence-electron chi connectivity index (χ4n) is 2.17. The van der Waals surface area contributed by atoms with Crippen LogP contribution in [-0.4, -0.2) is 15.3 Å². The van der Waals surface area contributed by atoms with E-state index in [1.54, 1.807) is 0 Å². The number of carbonyl (C=O) groups excluding carboxylic acids is 1. The third-order valence-corrected chi connectivity index (χ3v) is 4.10. The van der Waals surface area contributed by atoms with Crippen LogP contribution in [0.3, 0.4) is 0 Å². The predicted octanol–water partition coefficient (Wildman–Crippen LogP) is 3.69. The van der Waals surface area contributed by atoms with Gasteiger partial charge in [0.25, 0.3) is 0 Å². The molecule has 2 aromatic heterocycles. The molecule has 4 heteroatoms. The number of rotatable bonds is 3. The Morgan fingerprint density at radius 2 is 1.95 bits per heavy atom. The number of nitrogens with zero attached hydrogens (tertiary/aromatic N) is 2. The standard InChI is InChI=1S/C16H14N2OS/c1-11-14(12-6-4-3-5-7-12)17-16(18(11)2)15(19)13-8-9-20-10-13/h3-10H,1-2H3. The molecule has 0 saturated heterocycles. The highest BCUT2D eigenvalue weighted by Gasteiger charge is 2.19. The summed E-state index contributed by atoms with van der Waals surface area (Å²) >= 11 is 1.52. The molecule has 100 valence electrons. The van der Waals surface area contributed by atoms with Crippen LogP contribution < -0.4 is 0 Å². The Kier molecular flexibility index (Phi) is 3.24. The third kappa shape index (κ3) is 2.08. The van der Waals surface area contributed by atoms with Crippen LogP contribution in [-0.2, 0) is 7.05 Å². The van der Waals surface area contributed by atoms with Gasteiger partial charge in [0.05, 0.1) is 5.69 Å². The van der Waals surface area contributed by atoms with Crippen molar-refractivity contribution in [3.05, 3.63) is 64.2 Å². The zero-order valence-electron chi connectivity index (χ0n) is 11.3. The van der Waals surface area contributed by atoms with E-state index in [0.29, 0.717) is 11.4 Å². The fourth-order valence-corrected chi connectivity index (χ4v) is 2.81. The molecule has 0 amide bonds. The van der Waals surface area contributed by atoms with Crippen LogP contribution in [0.15, 0.2) is 47.2 Å². The molecule has 0 fully saturated rings. The lowest BCUT2D eigenvalue weighted by molar-refractivity contribution is 0.102. The summed E-state index contributed by atoms with van der Waals surface area (Å²) in [5.41, 5.74) is 3.59. The number of hydrogen-bond acceptors (Lipinski definition) is 3. The Balaban J connectivity index is 2.09. The smallest absolute Gasteiger partial charge is 0.229 e. The molecule has 0 aliphatic heterocycles. The lowest BCUT2D eigenvalue weighted by atomic mass is 10.1. The van der Waals surface area contributed by atoms with Gasteiger partial charge in [0.1, 0.15) is 0 Å². The van der Waals surface area contributed by atoms with Crippen LogP contribution in [0.25, 0.3) is 11.3 Å². The van der Waals surface area contributed by atoms with Gasteiger partial charge in [-0.25, -0.2) is 4.98 Å². The van der Waals surface area contributed by atoms with Gasteiger partial charge in [-0.15, -0.1) is 0 Å². The van der Waals surface area contributed by atoms with Crippen LogP contribution >= 0.6 is 11.3 Å². The zero-order valence-corrected chi connectivity index (χ0v) is 12.1. The van der Waals surface area contributed by atoms with E-state index in [1.807, 2.05) is 65.7 Å². The van der Waals surface area contributed by atoms with Crippen LogP contribution in [0, 0.1) is 6.92 Å². The van der Waals surface area contributed by atoms with Crippen molar-refractivity contribution >= 4 is 17.1 Å². The van der Waals surface area contributed by atoms with E-state index < -0.39 is 0 Å². The topological polar surface area (TPSA) is 34.9 Å². The summed E-state index contributed by atoms with van der Waals surface area (Å²) in [6, 6.07) is 11.8. The van der Waals surface area contributed by atoms with E-state index in [0.717, 1.165) is 17.0 Å². The average Bonchev–Trinajstić information content (AvgIpc) is 3.10. The number of thiophene rings is 1. The Morgan fingerprint density at radius 1 is 1.20 bits per heavy atom. The highest BCUT2D eigenvalue weighted by atomic mass is 32.1. The zero-order chi connectivity index (χ0) is 14.1. The first-order chi connectivity index (χ1) is 9.68. The fraction of sp³-hybridized carbons (Fsp3) is 0.125. The van der Waals surface area contributed by atoms with Crippen molar-refractivity contribution in [2.45, 2.75) is 6.92 Å². The number of imidazole rings is 1. The molecule has 0 radical (unpaired) electrons. The first kappa shape index (κ1) is 12.8. The molecule has 0 bridgehead atoms. The van der Waals surface area contributed by atoms with Gasteiger partial charge < -0.3 is 4.57 Å². The number of benzene rings is 1. The van der Waals surface area contributed by atoms with E-state index in [4.69, 9.17) is 0 Å². The Bertz CT molecular complexity index is 742. The summed E-state index contributed by atoms with van der Waals surface area (Å²) in [6.45, 7) is 1.99. The summed E-state index contributed by atoms with van der Waals surface area (Å²) in [5.74, 6) is 0.457. The van der Waals surface area contributed by atoms with Gasteiger partial charge in [-0.3, -0.25) is 4.79 Å². The van der Waals surface area contributed by atoms with Gasteiger partial charge in [0.15, 0.2) is 5.82 Å². The molecule has 0 atom stereocenters. The maximum absolute atomic E-state index is 12.4. The third-order valence-electron chi connectivity index (χ3n) is 3.41. The SMILES string of the molecule is Cc1c(-c2ccccc2)nc(C(=O)c2ccsc2)n1C. The summed E-state index contributed by atoms with van der Waals surface area (Å²) in [4.78, 5) is 17.0. The Morgan fingerprint density at radius 3 is 2.60 bits per heavy atom. The first-order valence-electron chi connectivity index (χ1n) is 6.34. The molecule has 0 aliphatic rings. The molecule has 0 N–H and O–H groups in total. The minimum Gasteiger partial charge on any atom is -0.328 e. The number of hydrogen-bond donors (Lipinski definition) is 0. The van der Waals surface area contributed by atoms with Gasteiger partial charge in [-0.05, 0) is 18.4 Å². The maximum Gasteiger partial charge on any atom is 0.229 e. The highest BCUT2D eigenvalue weighted by Crippen LogP contribution is 2.24. The van der Waals surface area contributed by atoms with Crippen LogP contribution in [0.2, 0.25) is 0 Å². The lowest BCUT2D eigenvalue weighted by Gasteiger charge is -2.01. The average molecular weight is 282 g/mol. The summed E-state index contributed by atoms with van der Waals surface area (Å²) in [5, 5.41) is 3.76. The van der Waals surface area contributed by atoms with E-state index in [2.05, 4.69) is 4.98 Å². The number of carbonyl (C=O) groups is 1. The molecule has 3 rings (SSSR count). The van der Waals surface area contributed by atoms with Gasteiger partial charge >= 0.3 is 0 Å². The van der Waals surface area contributed by atoms with Crippen LogP contribution in [0.4, 0.5) is 0 Å². The normalized spacial score (nSPS) is 10.7. The molecule has 3 aromatic rings. The second kappa shape index (κ2) is 5.06. The second-order valence-corrected chi connectivity index (χ2v) is 5.42. The van der Waals surface area contributed by atoms with E-state index >= 15 is 0 Å². The monoisotopic (exact) mass is 282 g/mol. The first-order valence-corrected chi connectivity index (χ1v) is 7.28. The largest absolute Gasteiger partial charge is 0.328 e. The van der Waals surface area contributed by atoms with Crippen molar-refractivity contribution in [3.8, 4) is 11.3 Å².